The maximum absolute atomic E-state index is 12.1. The van der Waals surface area contributed by atoms with Crippen LogP contribution in [0.25, 0.3) is 0 Å². The van der Waals surface area contributed by atoms with Crippen LogP contribution in [-0.4, -0.2) is 46.9 Å². The number of unbranched alkanes of at least 4 members (excludes halogenated alkanes) is 2. The molecule has 0 radical (unpaired) electrons. The smallest absolute Gasteiger partial charge is 0.251 e. The van der Waals surface area contributed by atoms with Crippen molar-refractivity contribution in [2.75, 3.05) is 18.6 Å². The molecule has 0 spiro atoms. The first-order valence-electron chi connectivity index (χ1n) is 14.9. The van der Waals surface area contributed by atoms with E-state index in [2.05, 4.69) is 66.4 Å². The largest absolute Gasteiger partial charge is 0.374 e. The third kappa shape index (κ3) is 10.2. The summed E-state index contributed by atoms with van der Waals surface area (Å²) in [5.41, 5.74) is 0.903. The number of carbonyl (C=O) groups excluding carboxylic acids is 1. The van der Waals surface area contributed by atoms with Crippen molar-refractivity contribution in [3.05, 3.63) is 60.2 Å². The van der Waals surface area contributed by atoms with Crippen LogP contribution in [0.1, 0.15) is 90.0 Å². The zero-order valence-electron chi connectivity index (χ0n) is 24.0. The van der Waals surface area contributed by atoms with E-state index in [0.717, 1.165) is 19.3 Å². The summed E-state index contributed by atoms with van der Waals surface area (Å²) in [7, 11) is 1.40. The number of allylic oxidation sites excluding steroid dienone is 4. The van der Waals surface area contributed by atoms with Gasteiger partial charge in [0, 0.05) is 12.5 Å². The number of hydrogen-bond donors (Lipinski definition) is 1. The lowest BCUT2D eigenvalue weighted by molar-refractivity contribution is -0.169. The molecule has 212 valence electrons. The number of hydrogen-bond acceptors (Lipinski definition) is 4. The van der Waals surface area contributed by atoms with Crippen molar-refractivity contribution in [1.82, 2.24) is 5.06 Å². The fourth-order valence-electron chi connectivity index (χ4n) is 6.10. The zero-order valence-corrected chi connectivity index (χ0v) is 24.8. The summed E-state index contributed by atoms with van der Waals surface area (Å²) in [6, 6.07) is 10.8. The highest BCUT2D eigenvalue weighted by molar-refractivity contribution is 7.99. The average molecular weight is 542 g/mol. The van der Waals surface area contributed by atoms with E-state index < -0.39 is 5.41 Å². The average Bonchev–Trinajstić information content (AvgIpc) is 3.51. The second-order valence-corrected chi connectivity index (χ2v) is 13.0. The molecular formula is C33H51NO3S. The van der Waals surface area contributed by atoms with Gasteiger partial charge in [0.15, 0.2) is 0 Å². The van der Waals surface area contributed by atoms with Gasteiger partial charge in [-0.25, -0.2) is 5.06 Å². The van der Waals surface area contributed by atoms with Gasteiger partial charge in [-0.3, -0.25) is 10.0 Å². The maximum Gasteiger partial charge on any atom is 0.251 e. The van der Waals surface area contributed by atoms with Gasteiger partial charge in [0.25, 0.3) is 5.91 Å². The van der Waals surface area contributed by atoms with Gasteiger partial charge in [-0.15, -0.1) is 0 Å². The van der Waals surface area contributed by atoms with Gasteiger partial charge in [-0.05, 0) is 99.5 Å². The number of aryl methyl sites for hydroxylation is 1. The van der Waals surface area contributed by atoms with E-state index in [1.807, 2.05) is 13.8 Å². The number of ether oxygens (including phenoxy) is 1. The molecule has 0 aliphatic carbocycles. The maximum atomic E-state index is 12.1. The number of amides is 1. The van der Waals surface area contributed by atoms with Gasteiger partial charge in [0.2, 0.25) is 0 Å². The summed E-state index contributed by atoms with van der Waals surface area (Å²) >= 11 is 2.10. The minimum atomic E-state index is -0.539. The Morgan fingerprint density at radius 1 is 0.974 bits per heavy atom. The van der Waals surface area contributed by atoms with Crippen LogP contribution in [0, 0.1) is 17.3 Å². The number of carbonyl (C=O) groups is 1. The van der Waals surface area contributed by atoms with Gasteiger partial charge >= 0.3 is 0 Å². The van der Waals surface area contributed by atoms with E-state index in [1.54, 1.807) is 0 Å². The third-order valence-electron chi connectivity index (χ3n) is 8.32. The summed E-state index contributed by atoms with van der Waals surface area (Å²) in [5, 5.41) is 10.2. The van der Waals surface area contributed by atoms with E-state index in [1.165, 1.54) is 81.9 Å². The van der Waals surface area contributed by atoms with Crippen LogP contribution in [0.15, 0.2) is 54.6 Å². The molecule has 2 saturated heterocycles. The SMILES string of the molecule is CN(O)C(=O)C(C)(C)CC/C=C\C[C@H]1[C@@H](CCCCSCCC=CCCCc2ccccc2)[C@H]2CC[C@@H]1O2. The molecule has 1 N–H and O–H groups in total. The van der Waals surface area contributed by atoms with Crippen LogP contribution in [0.3, 0.4) is 0 Å². The van der Waals surface area contributed by atoms with Gasteiger partial charge in [0.1, 0.15) is 0 Å². The Labute approximate surface area is 236 Å². The van der Waals surface area contributed by atoms with Crippen LogP contribution in [-0.2, 0) is 16.0 Å². The second kappa shape index (κ2) is 16.5. The quantitative estimate of drug-likeness (QED) is 0.0880. The molecule has 2 aliphatic heterocycles. The van der Waals surface area contributed by atoms with Crippen molar-refractivity contribution in [2.45, 2.75) is 103 Å². The van der Waals surface area contributed by atoms with E-state index in [9.17, 15) is 10.0 Å². The summed E-state index contributed by atoms with van der Waals surface area (Å²) in [4.78, 5) is 12.1. The molecule has 2 bridgehead atoms. The molecule has 1 aromatic carbocycles. The summed E-state index contributed by atoms with van der Waals surface area (Å²) in [6.45, 7) is 3.80. The Hall–Kier alpha value is -1.56. The Kier molecular flexibility index (Phi) is 13.5. The lowest BCUT2D eigenvalue weighted by Gasteiger charge is -2.27. The molecule has 0 saturated carbocycles. The first-order valence-corrected chi connectivity index (χ1v) is 16.1. The molecule has 3 rings (SSSR count). The predicted octanol–water partition coefficient (Wildman–Crippen LogP) is 8.25. The van der Waals surface area contributed by atoms with Gasteiger partial charge < -0.3 is 4.74 Å². The zero-order chi connectivity index (χ0) is 27.2. The Morgan fingerprint density at radius 2 is 1.68 bits per heavy atom. The highest BCUT2D eigenvalue weighted by atomic mass is 32.2. The lowest BCUT2D eigenvalue weighted by atomic mass is 9.75. The lowest BCUT2D eigenvalue weighted by Crippen LogP contribution is -2.36. The first kappa shape index (κ1) is 31.0. The normalized spacial score (nSPS) is 23.2. The molecule has 5 heteroatoms. The van der Waals surface area contributed by atoms with Gasteiger partial charge in [0.05, 0.1) is 12.2 Å². The fraction of sp³-hybridized carbons (Fsp3) is 0.667. The summed E-state index contributed by atoms with van der Waals surface area (Å²) in [5.74, 6) is 3.64. The number of rotatable bonds is 18. The Balaban J connectivity index is 1.23. The van der Waals surface area contributed by atoms with E-state index in [4.69, 9.17) is 4.74 Å². The van der Waals surface area contributed by atoms with Crippen molar-refractivity contribution >= 4 is 17.7 Å². The molecule has 1 aromatic rings. The van der Waals surface area contributed by atoms with Crippen LogP contribution in [0.5, 0.6) is 0 Å². The minimum absolute atomic E-state index is 0.225. The number of thioether (sulfide) groups is 1. The standard InChI is InChI=1S/C33H51NO3S/c1-33(2,32(35)34(3)36)24-14-8-12-20-28-29(31-23-22-30(28)37-31)21-13-16-26-38-25-15-6-4-5-9-17-27-18-10-7-11-19-27/h4,6-8,10-12,18-19,28-31,36H,5,9,13-17,20-26H2,1-3H3/b6-4?,12-8-/t28-,29+,30-,31+/m0/s1. The molecule has 1 amide bonds. The molecule has 38 heavy (non-hydrogen) atoms. The van der Waals surface area contributed by atoms with Crippen molar-refractivity contribution in [3.8, 4) is 0 Å². The molecule has 2 heterocycles. The van der Waals surface area contributed by atoms with Crippen LogP contribution >= 0.6 is 11.8 Å². The van der Waals surface area contributed by atoms with Crippen molar-refractivity contribution in [3.63, 3.8) is 0 Å². The van der Waals surface area contributed by atoms with Crippen molar-refractivity contribution in [2.24, 2.45) is 17.3 Å². The van der Waals surface area contributed by atoms with E-state index in [0.29, 0.717) is 29.1 Å². The number of nitrogens with zero attached hydrogens (tertiary/aromatic N) is 1. The number of fused-ring (bicyclic) bond motifs is 2. The van der Waals surface area contributed by atoms with Crippen LogP contribution < -0.4 is 0 Å². The van der Waals surface area contributed by atoms with Crippen molar-refractivity contribution < 1.29 is 14.7 Å². The number of hydroxylamine groups is 2. The third-order valence-corrected chi connectivity index (χ3v) is 9.43. The molecule has 4 nitrogen and oxygen atoms in total. The highest BCUT2D eigenvalue weighted by Gasteiger charge is 2.47. The second-order valence-electron chi connectivity index (χ2n) is 11.8. The van der Waals surface area contributed by atoms with Gasteiger partial charge in [-0.1, -0.05) is 74.9 Å². The molecule has 0 unspecified atom stereocenters. The fourth-order valence-corrected chi connectivity index (χ4v) is 7.01. The summed E-state index contributed by atoms with van der Waals surface area (Å²) in [6.07, 6.45) is 24.1. The van der Waals surface area contributed by atoms with Crippen LogP contribution in [0.2, 0.25) is 0 Å². The van der Waals surface area contributed by atoms with Crippen molar-refractivity contribution in [1.29, 1.82) is 0 Å². The van der Waals surface area contributed by atoms with E-state index >= 15 is 0 Å². The molecule has 2 fully saturated rings. The molecular weight excluding hydrogens is 490 g/mol. The highest BCUT2D eigenvalue weighted by Crippen LogP contribution is 2.47. The number of benzene rings is 1. The summed E-state index contributed by atoms with van der Waals surface area (Å²) < 4.78 is 6.32. The molecule has 0 aromatic heterocycles. The Morgan fingerprint density at radius 3 is 2.45 bits per heavy atom. The first-order chi connectivity index (χ1) is 18.4. The molecule has 2 aliphatic rings. The minimum Gasteiger partial charge on any atom is -0.374 e. The predicted molar refractivity (Wildman–Crippen MR) is 161 cm³/mol. The van der Waals surface area contributed by atoms with E-state index in [-0.39, 0.29) is 5.91 Å². The monoisotopic (exact) mass is 541 g/mol. The topological polar surface area (TPSA) is 49.8 Å². The Bertz CT molecular complexity index is 866. The van der Waals surface area contributed by atoms with Crippen LogP contribution in [0.4, 0.5) is 0 Å². The van der Waals surface area contributed by atoms with Gasteiger partial charge in [-0.2, -0.15) is 11.8 Å². The molecule has 4 atom stereocenters.